The predicted molar refractivity (Wildman–Crippen MR) is 110 cm³/mol. The number of hydrogen-bond acceptors (Lipinski definition) is 6. The van der Waals surface area contributed by atoms with E-state index in [0.717, 1.165) is 11.6 Å². The molecule has 0 saturated carbocycles. The lowest BCUT2D eigenvalue weighted by Crippen LogP contribution is -2.46. The summed E-state index contributed by atoms with van der Waals surface area (Å²) in [6, 6.07) is 13.4. The van der Waals surface area contributed by atoms with Gasteiger partial charge in [0.05, 0.1) is 10.5 Å². The van der Waals surface area contributed by atoms with Crippen LogP contribution in [0, 0.1) is 10.1 Å². The highest BCUT2D eigenvalue weighted by Crippen LogP contribution is 2.23. The number of nitro benzene ring substituents is 1. The second-order valence-electron chi connectivity index (χ2n) is 7.45. The number of nitro groups is 1. The highest BCUT2D eigenvalue weighted by molar-refractivity contribution is 5.97. The van der Waals surface area contributed by atoms with Gasteiger partial charge in [0.15, 0.2) is 6.61 Å². The molecule has 1 amide bonds. The van der Waals surface area contributed by atoms with Crippen molar-refractivity contribution in [2.45, 2.75) is 32.9 Å². The van der Waals surface area contributed by atoms with Gasteiger partial charge >= 0.3 is 5.97 Å². The van der Waals surface area contributed by atoms with Crippen molar-refractivity contribution in [1.82, 2.24) is 4.90 Å². The molecule has 0 aliphatic rings. The van der Waals surface area contributed by atoms with E-state index in [-0.39, 0.29) is 17.2 Å². The maximum absolute atomic E-state index is 12.8. The minimum absolute atomic E-state index is 0.000122. The molecule has 0 saturated heterocycles. The Morgan fingerprint density at radius 2 is 1.79 bits per heavy atom. The number of benzene rings is 2. The van der Waals surface area contributed by atoms with E-state index in [9.17, 15) is 19.7 Å². The first-order chi connectivity index (χ1) is 13.6. The molecule has 8 heteroatoms. The number of non-ortho nitro benzene ring substituents is 1. The summed E-state index contributed by atoms with van der Waals surface area (Å²) in [5.41, 5.74) is 0.617. The zero-order valence-electron chi connectivity index (χ0n) is 17.0. The topological polar surface area (TPSA) is 102 Å². The molecule has 154 valence electrons. The van der Waals surface area contributed by atoms with Gasteiger partial charge in [-0.1, -0.05) is 30.3 Å². The standard InChI is InChI=1S/C21H25N3O5/c1-21(2,3)23(13-15-8-6-5-7-9-15)19(25)14-29-20(26)17-12-16(24(27)28)10-11-18(17)22-4/h5-12,22H,13-14H2,1-4H3. The molecule has 29 heavy (non-hydrogen) atoms. The van der Waals surface area contributed by atoms with E-state index in [1.54, 1.807) is 11.9 Å². The zero-order valence-corrected chi connectivity index (χ0v) is 17.0. The summed E-state index contributed by atoms with van der Waals surface area (Å²) >= 11 is 0. The van der Waals surface area contributed by atoms with Crippen LogP contribution in [0.15, 0.2) is 48.5 Å². The lowest BCUT2D eigenvalue weighted by atomic mass is 10.0. The number of nitrogens with zero attached hydrogens (tertiary/aromatic N) is 2. The fourth-order valence-corrected chi connectivity index (χ4v) is 2.78. The molecule has 0 aliphatic carbocycles. The van der Waals surface area contributed by atoms with Crippen molar-refractivity contribution in [1.29, 1.82) is 0 Å². The van der Waals surface area contributed by atoms with Crippen molar-refractivity contribution >= 4 is 23.3 Å². The summed E-state index contributed by atoms with van der Waals surface area (Å²) in [6.07, 6.45) is 0. The third kappa shape index (κ3) is 5.78. The molecule has 0 heterocycles. The minimum atomic E-state index is -0.806. The Morgan fingerprint density at radius 3 is 2.34 bits per heavy atom. The van der Waals surface area contributed by atoms with E-state index < -0.39 is 23.0 Å². The van der Waals surface area contributed by atoms with Crippen molar-refractivity contribution in [3.63, 3.8) is 0 Å². The first-order valence-corrected chi connectivity index (χ1v) is 9.11. The Morgan fingerprint density at radius 1 is 1.14 bits per heavy atom. The molecule has 0 fully saturated rings. The van der Waals surface area contributed by atoms with Gasteiger partial charge in [0, 0.05) is 37.0 Å². The molecule has 0 radical (unpaired) electrons. The van der Waals surface area contributed by atoms with Gasteiger partial charge in [-0.15, -0.1) is 0 Å². The van der Waals surface area contributed by atoms with Crippen LogP contribution in [-0.2, 0) is 16.1 Å². The van der Waals surface area contributed by atoms with Gasteiger partial charge in [0.2, 0.25) is 0 Å². The molecule has 0 unspecified atom stereocenters. The average Bonchev–Trinajstić information content (AvgIpc) is 2.69. The van der Waals surface area contributed by atoms with Crippen LogP contribution in [0.25, 0.3) is 0 Å². The molecule has 8 nitrogen and oxygen atoms in total. The minimum Gasteiger partial charge on any atom is -0.452 e. The molecular formula is C21H25N3O5. The third-order valence-corrected chi connectivity index (χ3v) is 4.32. The van der Waals surface area contributed by atoms with E-state index in [1.807, 2.05) is 51.1 Å². The second kappa shape index (κ2) is 9.18. The van der Waals surface area contributed by atoms with Crippen molar-refractivity contribution in [3.05, 3.63) is 69.8 Å². The van der Waals surface area contributed by atoms with E-state index in [1.165, 1.54) is 12.1 Å². The highest BCUT2D eigenvalue weighted by atomic mass is 16.6. The van der Waals surface area contributed by atoms with Crippen LogP contribution in [0.2, 0.25) is 0 Å². The van der Waals surface area contributed by atoms with Crippen molar-refractivity contribution < 1.29 is 19.2 Å². The number of esters is 1. The van der Waals surface area contributed by atoms with Gasteiger partial charge in [0.1, 0.15) is 0 Å². The van der Waals surface area contributed by atoms with Gasteiger partial charge in [-0.05, 0) is 32.4 Å². The first kappa shape index (κ1) is 21.9. The zero-order chi connectivity index (χ0) is 21.6. The summed E-state index contributed by atoms with van der Waals surface area (Å²) in [7, 11) is 1.59. The summed E-state index contributed by atoms with van der Waals surface area (Å²) in [5.74, 6) is -1.16. The van der Waals surface area contributed by atoms with Crippen LogP contribution in [-0.4, -0.2) is 40.9 Å². The summed E-state index contributed by atoms with van der Waals surface area (Å²) in [6.45, 7) is 5.61. The van der Waals surface area contributed by atoms with Crippen LogP contribution < -0.4 is 5.32 Å². The number of rotatable bonds is 7. The fraction of sp³-hybridized carbons (Fsp3) is 0.333. The van der Waals surface area contributed by atoms with E-state index >= 15 is 0 Å². The Balaban J connectivity index is 2.14. The van der Waals surface area contributed by atoms with Gasteiger partial charge in [-0.25, -0.2) is 4.79 Å². The van der Waals surface area contributed by atoms with Gasteiger partial charge in [-0.2, -0.15) is 0 Å². The Bertz CT molecular complexity index is 891. The van der Waals surface area contributed by atoms with Crippen LogP contribution in [0.4, 0.5) is 11.4 Å². The lowest BCUT2D eigenvalue weighted by Gasteiger charge is -2.35. The van der Waals surface area contributed by atoms with Gasteiger partial charge < -0.3 is 15.0 Å². The molecule has 2 aromatic rings. The van der Waals surface area contributed by atoms with E-state index in [0.29, 0.717) is 12.2 Å². The third-order valence-electron chi connectivity index (χ3n) is 4.32. The van der Waals surface area contributed by atoms with Crippen LogP contribution >= 0.6 is 0 Å². The van der Waals surface area contributed by atoms with Crippen molar-refractivity contribution in [2.24, 2.45) is 0 Å². The van der Waals surface area contributed by atoms with Crippen LogP contribution in [0.3, 0.4) is 0 Å². The number of carbonyl (C=O) groups is 2. The number of anilines is 1. The normalized spacial score (nSPS) is 10.9. The average molecular weight is 399 g/mol. The highest BCUT2D eigenvalue weighted by Gasteiger charge is 2.28. The Labute approximate surface area is 169 Å². The van der Waals surface area contributed by atoms with Gasteiger partial charge in [-0.3, -0.25) is 14.9 Å². The number of hydrogen-bond donors (Lipinski definition) is 1. The SMILES string of the molecule is CNc1ccc([N+](=O)[O-])cc1C(=O)OCC(=O)N(Cc1ccccc1)C(C)(C)C. The maximum Gasteiger partial charge on any atom is 0.341 e. The molecule has 1 N–H and O–H groups in total. The van der Waals surface area contributed by atoms with Crippen molar-refractivity contribution in [3.8, 4) is 0 Å². The molecular weight excluding hydrogens is 374 g/mol. The smallest absolute Gasteiger partial charge is 0.341 e. The molecule has 0 spiro atoms. The number of amides is 1. The fourth-order valence-electron chi connectivity index (χ4n) is 2.78. The van der Waals surface area contributed by atoms with Gasteiger partial charge in [0.25, 0.3) is 11.6 Å². The van der Waals surface area contributed by atoms with Crippen molar-refractivity contribution in [2.75, 3.05) is 19.0 Å². The maximum atomic E-state index is 12.8. The number of carbonyl (C=O) groups excluding carboxylic acids is 2. The lowest BCUT2D eigenvalue weighted by molar-refractivity contribution is -0.384. The second-order valence-corrected chi connectivity index (χ2v) is 7.45. The quantitative estimate of drug-likeness (QED) is 0.433. The summed E-state index contributed by atoms with van der Waals surface area (Å²) < 4.78 is 5.19. The van der Waals surface area contributed by atoms with E-state index in [2.05, 4.69) is 5.32 Å². The molecule has 2 rings (SSSR count). The summed E-state index contributed by atoms with van der Waals surface area (Å²) in [5, 5.41) is 13.8. The molecule has 0 aromatic heterocycles. The monoisotopic (exact) mass is 399 g/mol. The number of ether oxygens (including phenoxy) is 1. The first-order valence-electron chi connectivity index (χ1n) is 9.11. The number of nitrogens with one attached hydrogen (secondary N) is 1. The molecule has 0 bridgehead atoms. The van der Waals surface area contributed by atoms with Crippen LogP contribution in [0.5, 0.6) is 0 Å². The van der Waals surface area contributed by atoms with E-state index in [4.69, 9.17) is 4.74 Å². The molecule has 0 atom stereocenters. The largest absolute Gasteiger partial charge is 0.452 e. The molecule has 2 aromatic carbocycles. The summed E-state index contributed by atoms with van der Waals surface area (Å²) in [4.78, 5) is 37.3. The predicted octanol–water partition coefficient (Wildman–Crippen LogP) is 3.62. The Hall–Kier alpha value is -3.42. The Kier molecular flexibility index (Phi) is 6.93. The molecule has 0 aliphatic heterocycles. The van der Waals surface area contributed by atoms with Crippen LogP contribution in [0.1, 0.15) is 36.7 Å².